The second-order valence-electron chi connectivity index (χ2n) is 5.37. The van der Waals surface area contributed by atoms with Crippen molar-refractivity contribution < 1.29 is 19.4 Å². The number of nitrogens with zero attached hydrogens (tertiary/aromatic N) is 2. The van der Waals surface area contributed by atoms with Crippen LogP contribution in [0.25, 0.3) is 0 Å². The van der Waals surface area contributed by atoms with Gasteiger partial charge < -0.3 is 15.2 Å². The summed E-state index contributed by atoms with van der Waals surface area (Å²) in [6, 6.07) is 0. The van der Waals surface area contributed by atoms with Gasteiger partial charge in [0.25, 0.3) is 5.91 Å². The molecule has 7 nitrogen and oxygen atoms in total. The number of esters is 1. The number of ether oxygens (including phenoxy) is 1. The predicted molar refractivity (Wildman–Crippen MR) is 70.5 cm³/mol. The van der Waals surface area contributed by atoms with Crippen molar-refractivity contribution in [1.29, 1.82) is 0 Å². The van der Waals surface area contributed by atoms with E-state index in [-0.39, 0.29) is 24.8 Å². The van der Waals surface area contributed by atoms with E-state index in [0.717, 1.165) is 0 Å². The maximum absolute atomic E-state index is 12.0. The fourth-order valence-corrected chi connectivity index (χ4v) is 2.22. The van der Waals surface area contributed by atoms with Crippen LogP contribution in [0.5, 0.6) is 0 Å². The van der Waals surface area contributed by atoms with Crippen LogP contribution in [0.1, 0.15) is 47.3 Å². The zero-order chi connectivity index (χ0) is 14.9. The molecule has 1 aromatic heterocycles. The summed E-state index contributed by atoms with van der Waals surface area (Å²) in [5.41, 5.74) is 0.0579. The van der Waals surface area contributed by atoms with Gasteiger partial charge in [-0.25, -0.2) is 4.79 Å². The fourth-order valence-electron chi connectivity index (χ4n) is 2.22. The highest BCUT2D eigenvalue weighted by molar-refractivity contribution is 5.99. The van der Waals surface area contributed by atoms with Crippen molar-refractivity contribution in [3.8, 4) is 0 Å². The van der Waals surface area contributed by atoms with E-state index in [1.54, 1.807) is 20.8 Å². The fraction of sp³-hybridized carbons (Fsp3) is 0.615. The van der Waals surface area contributed by atoms with Crippen LogP contribution in [0.3, 0.4) is 0 Å². The summed E-state index contributed by atoms with van der Waals surface area (Å²) in [7, 11) is 0. The van der Waals surface area contributed by atoms with Gasteiger partial charge in [-0.15, -0.1) is 0 Å². The number of hydrogen-bond acceptors (Lipinski definition) is 5. The number of nitrogens with one attached hydrogen (secondary N) is 1. The van der Waals surface area contributed by atoms with Gasteiger partial charge >= 0.3 is 5.97 Å². The molecule has 0 radical (unpaired) electrons. The second kappa shape index (κ2) is 5.24. The summed E-state index contributed by atoms with van der Waals surface area (Å²) < 4.78 is 6.35. The number of rotatable bonds is 4. The molecule has 1 amide bonds. The van der Waals surface area contributed by atoms with Gasteiger partial charge in [-0.05, 0) is 27.2 Å². The topological polar surface area (TPSA) is 93.4 Å². The molecular formula is C13H19N3O4. The second-order valence-corrected chi connectivity index (χ2v) is 5.37. The summed E-state index contributed by atoms with van der Waals surface area (Å²) in [4.78, 5) is 23.9. The smallest absolute Gasteiger partial charge is 0.359 e. The van der Waals surface area contributed by atoms with Gasteiger partial charge in [0, 0.05) is 12.1 Å². The van der Waals surface area contributed by atoms with Crippen molar-refractivity contribution in [3.05, 3.63) is 17.0 Å². The van der Waals surface area contributed by atoms with Crippen molar-refractivity contribution in [2.45, 2.75) is 39.3 Å². The zero-order valence-electron chi connectivity index (χ0n) is 11.9. The molecule has 0 aromatic carbocycles. The molecule has 2 heterocycles. The Bertz CT molecular complexity index is 543. The van der Waals surface area contributed by atoms with Gasteiger partial charge in [-0.1, -0.05) is 0 Å². The van der Waals surface area contributed by atoms with Crippen molar-refractivity contribution in [2.24, 2.45) is 0 Å². The summed E-state index contributed by atoms with van der Waals surface area (Å²) in [6.45, 7) is 5.79. The van der Waals surface area contributed by atoms with E-state index in [1.165, 1.54) is 4.68 Å². The van der Waals surface area contributed by atoms with Gasteiger partial charge in [0.1, 0.15) is 5.69 Å². The Morgan fingerprint density at radius 3 is 2.85 bits per heavy atom. The van der Waals surface area contributed by atoms with Crippen LogP contribution >= 0.6 is 0 Å². The lowest BCUT2D eigenvalue weighted by Gasteiger charge is -2.20. The van der Waals surface area contributed by atoms with E-state index in [1.807, 2.05) is 0 Å². The predicted octanol–water partition coefficient (Wildman–Crippen LogP) is 0.117. The minimum atomic E-state index is -1.04. The molecule has 0 fully saturated rings. The Labute approximate surface area is 116 Å². The van der Waals surface area contributed by atoms with Crippen LogP contribution in [0.15, 0.2) is 0 Å². The van der Waals surface area contributed by atoms with Crippen LogP contribution in [0.4, 0.5) is 0 Å². The van der Waals surface area contributed by atoms with Gasteiger partial charge in [0.05, 0.1) is 18.8 Å². The quantitative estimate of drug-likeness (QED) is 0.764. The average Bonchev–Trinajstić information content (AvgIpc) is 2.67. The molecule has 20 heavy (non-hydrogen) atoms. The van der Waals surface area contributed by atoms with Gasteiger partial charge in [0.15, 0.2) is 5.69 Å². The lowest BCUT2D eigenvalue weighted by molar-refractivity contribution is 0.0493. The molecular weight excluding hydrogens is 262 g/mol. The number of aromatic nitrogens is 2. The Hall–Kier alpha value is -1.89. The van der Waals surface area contributed by atoms with E-state index in [2.05, 4.69) is 10.4 Å². The number of carbonyl (C=O) groups excluding carboxylic acids is 2. The molecule has 0 atom stereocenters. The average molecular weight is 281 g/mol. The van der Waals surface area contributed by atoms with Gasteiger partial charge in [-0.3, -0.25) is 9.48 Å². The lowest BCUT2D eigenvalue weighted by Crippen LogP contribution is -2.36. The van der Waals surface area contributed by atoms with Crippen molar-refractivity contribution >= 4 is 11.9 Å². The number of amides is 1. The largest absolute Gasteiger partial charge is 0.461 e. The van der Waals surface area contributed by atoms with Crippen LogP contribution < -0.4 is 5.32 Å². The summed E-state index contributed by atoms with van der Waals surface area (Å²) >= 11 is 0. The zero-order valence-corrected chi connectivity index (χ0v) is 11.9. The molecule has 2 N–H and O–H groups in total. The van der Waals surface area contributed by atoms with Crippen LogP contribution in [-0.4, -0.2) is 45.5 Å². The molecule has 0 spiro atoms. The number of carbonyl (C=O) groups is 2. The maximum atomic E-state index is 12.0. The summed E-state index contributed by atoms with van der Waals surface area (Å²) in [5, 5.41) is 16.8. The Kier molecular flexibility index (Phi) is 3.80. The minimum Gasteiger partial charge on any atom is -0.461 e. The van der Waals surface area contributed by atoms with Gasteiger partial charge in [0.2, 0.25) is 0 Å². The number of fused-ring (bicyclic) bond motifs is 1. The SMILES string of the molecule is CCOC(=O)c1nn(CC(C)(C)O)c2c1CCNC2=O. The molecule has 0 unspecified atom stereocenters. The standard InChI is InChI=1S/C13H19N3O4/c1-4-20-12(18)9-8-5-6-14-11(17)10(8)16(15-9)7-13(2,3)19/h19H,4-7H2,1-3H3,(H,14,17). The maximum Gasteiger partial charge on any atom is 0.359 e. The summed E-state index contributed by atoms with van der Waals surface area (Å²) in [6.07, 6.45) is 0.529. The first kappa shape index (κ1) is 14.5. The highest BCUT2D eigenvalue weighted by Gasteiger charge is 2.31. The van der Waals surface area contributed by atoms with E-state index >= 15 is 0 Å². The Morgan fingerprint density at radius 1 is 1.55 bits per heavy atom. The third-order valence-corrected chi connectivity index (χ3v) is 2.93. The summed E-state index contributed by atoms with van der Waals surface area (Å²) in [5.74, 6) is -0.813. The lowest BCUT2D eigenvalue weighted by atomic mass is 10.0. The van der Waals surface area contributed by atoms with Crippen molar-refractivity contribution in [2.75, 3.05) is 13.2 Å². The first-order chi connectivity index (χ1) is 9.33. The number of aliphatic hydroxyl groups is 1. The number of hydrogen-bond donors (Lipinski definition) is 2. The monoisotopic (exact) mass is 281 g/mol. The van der Waals surface area contributed by atoms with Crippen molar-refractivity contribution in [1.82, 2.24) is 15.1 Å². The van der Waals surface area contributed by atoms with Crippen LogP contribution in [0, 0.1) is 0 Å². The van der Waals surface area contributed by atoms with Crippen LogP contribution in [0.2, 0.25) is 0 Å². The molecule has 0 saturated carbocycles. The molecule has 0 saturated heterocycles. The Balaban J connectivity index is 2.47. The first-order valence-electron chi connectivity index (χ1n) is 6.61. The molecule has 0 bridgehead atoms. The van der Waals surface area contributed by atoms with E-state index in [9.17, 15) is 14.7 Å². The third-order valence-electron chi connectivity index (χ3n) is 2.93. The first-order valence-corrected chi connectivity index (χ1v) is 6.61. The highest BCUT2D eigenvalue weighted by atomic mass is 16.5. The normalized spacial score (nSPS) is 14.7. The third kappa shape index (κ3) is 2.82. The Morgan fingerprint density at radius 2 is 2.25 bits per heavy atom. The van der Waals surface area contributed by atoms with Crippen LogP contribution in [-0.2, 0) is 17.7 Å². The molecule has 1 aliphatic rings. The minimum absolute atomic E-state index is 0.127. The molecule has 7 heteroatoms. The molecule has 2 rings (SSSR count). The van der Waals surface area contributed by atoms with E-state index < -0.39 is 11.6 Å². The molecule has 0 aliphatic carbocycles. The molecule has 110 valence electrons. The van der Waals surface area contributed by atoms with Crippen molar-refractivity contribution in [3.63, 3.8) is 0 Å². The van der Waals surface area contributed by atoms with Gasteiger partial charge in [-0.2, -0.15) is 5.10 Å². The molecule has 1 aromatic rings. The van der Waals surface area contributed by atoms with E-state index in [0.29, 0.717) is 24.2 Å². The highest BCUT2D eigenvalue weighted by Crippen LogP contribution is 2.21. The van der Waals surface area contributed by atoms with E-state index in [4.69, 9.17) is 4.74 Å². The molecule has 1 aliphatic heterocycles.